The molecule has 2 rings (SSSR count). The van der Waals surface area contributed by atoms with E-state index in [0.717, 1.165) is 50.0 Å². The molecule has 1 aliphatic rings. The fraction of sp³-hybridized carbons (Fsp3) is 0.680. The first kappa shape index (κ1) is 26.3. The maximum Gasteiger partial charge on any atom is 0.251 e. The van der Waals surface area contributed by atoms with Crippen LogP contribution in [0.5, 0.6) is 0 Å². The predicted octanol–water partition coefficient (Wildman–Crippen LogP) is 2.93. The molecule has 1 atom stereocenters. The van der Waals surface area contributed by atoms with Crippen LogP contribution in [0.4, 0.5) is 5.69 Å². The summed E-state index contributed by atoms with van der Waals surface area (Å²) in [4.78, 5) is 29.4. The van der Waals surface area contributed by atoms with Crippen LogP contribution >= 0.6 is 0 Å². The van der Waals surface area contributed by atoms with E-state index >= 15 is 0 Å². The number of nitrogens with one attached hydrogen (secondary N) is 1. The van der Waals surface area contributed by atoms with Crippen LogP contribution in [-0.2, 0) is 11.3 Å². The van der Waals surface area contributed by atoms with E-state index in [1.807, 2.05) is 17.0 Å². The molecule has 0 aromatic heterocycles. The van der Waals surface area contributed by atoms with Gasteiger partial charge in [-0.1, -0.05) is 33.1 Å². The minimum absolute atomic E-state index is 0.00744. The van der Waals surface area contributed by atoms with Gasteiger partial charge in [0.15, 0.2) is 0 Å². The molecule has 0 radical (unpaired) electrons. The number of hydrogen-bond acceptors (Lipinski definition) is 5. The van der Waals surface area contributed by atoms with E-state index in [2.05, 4.69) is 24.1 Å². The van der Waals surface area contributed by atoms with Gasteiger partial charge in [-0.3, -0.25) is 14.5 Å². The number of nitrogens with zero attached hydrogens (tertiary/aromatic N) is 2. The summed E-state index contributed by atoms with van der Waals surface area (Å²) >= 11 is 0. The molecule has 0 bridgehead atoms. The number of hydrogen-bond donors (Lipinski definition) is 3. The Balaban J connectivity index is 2.35. The molecule has 1 unspecified atom stereocenters. The molecule has 1 heterocycles. The Morgan fingerprint density at radius 2 is 1.78 bits per heavy atom. The van der Waals surface area contributed by atoms with E-state index in [-0.39, 0.29) is 18.4 Å². The topological polar surface area (TPSA) is 93.1 Å². The molecule has 1 aliphatic heterocycles. The molecule has 0 spiro atoms. The number of aliphatic hydroxyl groups excluding tert-OH is 2. The summed E-state index contributed by atoms with van der Waals surface area (Å²) in [6.07, 6.45) is 5.74. The molecule has 7 heteroatoms. The number of carbonyl (C=O) groups is 2. The lowest BCUT2D eigenvalue weighted by Crippen LogP contribution is -2.35. The fourth-order valence-corrected chi connectivity index (χ4v) is 4.03. The first-order valence-corrected chi connectivity index (χ1v) is 12.0. The van der Waals surface area contributed by atoms with Crippen molar-refractivity contribution in [3.8, 4) is 0 Å². The Kier molecular flexibility index (Phi) is 11.1. The Hall–Kier alpha value is -1.96. The van der Waals surface area contributed by atoms with Crippen molar-refractivity contribution in [3.63, 3.8) is 0 Å². The van der Waals surface area contributed by atoms with E-state index < -0.39 is 12.7 Å². The average molecular weight is 448 g/mol. The lowest BCUT2D eigenvalue weighted by atomic mass is 10.0. The molecule has 32 heavy (non-hydrogen) atoms. The van der Waals surface area contributed by atoms with E-state index in [9.17, 15) is 14.7 Å². The Labute approximate surface area is 192 Å². The van der Waals surface area contributed by atoms with E-state index in [1.165, 1.54) is 12.8 Å². The normalized spacial score (nSPS) is 17.2. The van der Waals surface area contributed by atoms with Gasteiger partial charge in [-0.2, -0.15) is 0 Å². The van der Waals surface area contributed by atoms with Gasteiger partial charge in [0.25, 0.3) is 5.91 Å². The van der Waals surface area contributed by atoms with Crippen molar-refractivity contribution >= 4 is 17.5 Å². The molecule has 1 aromatic rings. The van der Waals surface area contributed by atoms with Crippen LogP contribution in [0, 0.1) is 5.92 Å². The van der Waals surface area contributed by atoms with Crippen LogP contribution in [0.2, 0.25) is 0 Å². The minimum Gasteiger partial charge on any atom is -0.394 e. The number of fused-ring (bicyclic) bond motifs is 1. The third kappa shape index (κ3) is 8.52. The number of rotatable bonds is 7. The van der Waals surface area contributed by atoms with Crippen molar-refractivity contribution in [2.75, 3.05) is 37.7 Å². The van der Waals surface area contributed by atoms with Crippen LogP contribution in [0.15, 0.2) is 18.2 Å². The zero-order valence-corrected chi connectivity index (χ0v) is 20.0. The lowest BCUT2D eigenvalue weighted by molar-refractivity contribution is -0.116. The van der Waals surface area contributed by atoms with Crippen molar-refractivity contribution in [2.24, 2.45) is 5.92 Å². The molecule has 3 N–H and O–H groups in total. The van der Waals surface area contributed by atoms with Gasteiger partial charge in [0.05, 0.1) is 12.7 Å². The second-order valence-corrected chi connectivity index (χ2v) is 9.29. The zero-order valence-electron chi connectivity index (χ0n) is 20.0. The predicted molar refractivity (Wildman–Crippen MR) is 128 cm³/mol. The highest BCUT2D eigenvalue weighted by atomic mass is 16.3. The van der Waals surface area contributed by atoms with E-state index in [0.29, 0.717) is 24.6 Å². The van der Waals surface area contributed by atoms with Crippen LogP contribution in [0.3, 0.4) is 0 Å². The van der Waals surface area contributed by atoms with Gasteiger partial charge in [-0.05, 0) is 62.0 Å². The van der Waals surface area contributed by atoms with Gasteiger partial charge < -0.3 is 20.4 Å². The van der Waals surface area contributed by atoms with Gasteiger partial charge in [0.2, 0.25) is 5.91 Å². The molecule has 0 fully saturated rings. The minimum atomic E-state index is -0.983. The number of amides is 2. The summed E-state index contributed by atoms with van der Waals surface area (Å²) in [6, 6.07) is 5.49. The molecular weight excluding hydrogens is 406 g/mol. The zero-order chi connectivity index (χ0) is 23.5. The van der Waals surface area contributed by atoms with Crippen LogP contribution in [-0.4, -0.2) is 65.8 Å². The number of aliphatic hydroxyl groups is 2. The monoisotopic (exact) mass is 447 g/mol. The van der Waals surface area contributed by atoms with Crippen molar-refractivity contribution in [2.45, 2.75) is 71.9 Å². The highest BCUT2D eigenvalue weighted by molar-refractivity contribution is 5.97. The quantitative estimate of drug-likeness (QED) is 0.598. The highest BCUT2D eigenvalue weighted by Crippen LogP contribution is 2.26. The maximum absolute atomic E-state index is 12.6. The number of anilines is 1. The van der Waals surface area contributed by atoms with Gasteiger partial charge in [-0.25, -0.2) is 0 Å². The van der Waals surface area contributed by atoms with E-state index in [4.69, 9.17) is 5.11 Å². The lowest BCUT2D eigenvalue weighted by Gasteiger charge is -2.29. The number of benzene rings is 1. The first-order chi connectivity index (χ1) is 15.3. The van der Waals surface area contributed by atoms with Gasteiger partial charge in [0.1, 0.15) is 0 Å². The van der Waals surface area contributed by atoms with Gasteiger partial charge in [0, 0.05) is 37.8 Å². The highest BCUT2D eigenvalue weighted by Gasteiger charge is 2.20. The molecule has 180 valence electrons. The molecular formula is C25H41N3O4. The molecule has 0 saturated carbocycles. The summed E-state index contributed by atoms with van der Waals surface area (Å²) < 4.78 is 0. The maximum atomic E-state index is 12.6. The largest absolute Gasteiger partial charge is 0.394 e. The van der Waals surface area contributed by atoms with Crippen molar-refractivity contribution < 1.29 is 19.8 Å². The second kappa shape index (κ2) is 13.6. The average Bonchev–Trinajstić information content (AvgIpc) is 2.76. The number of carbonyl (C=O) groups excluding carboxylic acids is 2. The molecule has 0 aliphatic carbocycles. The van der Waals surface area contributed by atoms with E-state index in [1.54, 1.807) is 13.0 Å². The van der Waals surface area contributed by atoms with Crippen molar-refractivity contribution in [1.29, 1.82) is 0 Å². The molecule has 7 nitrogen and oxygen atoms in total. The van der Waals surface area contributed by atoms with Crippen LogP contribution in [0.25, 0.3) is 0 Å². The fourth-order valence-electron chi connectivity index (χ4n) is 4.03. The standard InChI is InChI=1S/C25H41N3O4/c1-19(2)11-14-27-12-7-5-4-6-8-13-28(20(3)30)24-10-9-21(15-22(24)17-27)25(32)26-16-23(31)18-29/h9-10,15,19,23,29,31H,4-8,11-14,16-18H2,1-3H3,(H,26,32). The molecule has 0 saturated heterocycles. The summed E-state index contributed by atoms with van der Waals surface area (Å²) in [5, 5.41) is 21.2. The van der Waals surface area contributed by atoms with Crippen molar-refractivity contribution in [3.05, 3.63) is 29.3 Å². The Morgan fingerprint density at radius 3 is 2.44 bits per heavy atom. The SMILES string of the molecule is CC(=O)N1CCCCCCCN(CCC(C)C)Cc2cc(C(=O)NCC(O)CO)ccc21. The molecule has 1 aromatic carbocycles. The second-order valence-electron chi connectivity index (χ2n) is 9.29. The third-order valence-electron chi connectivity index (χ3n) is 5.99. The first-order valence-electron chi connectivity index (χ1n) is 12.0. The van der Waals surface area contributed by atoms with Gasteiger partial charge in [-0.15, -0.1) is 0 Å². The summed E-state index contributed by atoms with van der Waals surface area (Å²) in [5.74, 6) is 0.328. The van der Waals surface area contributed by atoms with Crippen LogP contribution in [0.1, 0.15) is 75.2 Å². The Bertz CT molecular complexity index is 738. The van der Waals surface area contributed by atoms with Crippen molar-refractivity contribution in [1.82, 2.24) is 10.2 Å². The third-order valence-corrected chi connectivity index (χ3v) is 5.99. The smallest absolute Gasteiger partial charge is 0.251 e. The Morgan fingerprint density at radius 1 is 1.09 bits per heavy atom. The summed E-state index contributed by atoms with van der Waals surface area (Å²) in [6.45, 7) is 9.01. The summed E-state index contributed by atoms with van der Waals surface area (Å²) in [7, 11) is 0. The summed E-state index contributed by atoms with van der Waals surface area (Å²) in [5.41, 5.74) is 2.34. The van der Waals surface area contributed by atoms with Crippen LogP contribution < -0.4 is 10.2 Å². The molecule has 2 amide bonds. The van der Waals surface area contributed by atoms with Gasteiger partial charge >= 0.3 is 0 Å².